The van der Waals surface area contributed by atoms with Crippen LogP contribution in [0.5, 0.6) is 17.2 Å². The van der Waals surface area contributed by atoms with Gasteiger partial charge in [0.25, 0.3) is 0 Å². The molecular formula is C17H27NO3. The summed E-state index contributed by atoms with van der Waals surface area (Å²) >= 11 is 0. The SMILES string of the molecule is CCCNCc1cc2c(cc1OCCCC(C)C)OCO2. The molecule has 4 nitrogen and oxygen atoms in total. The van der Waals surface area contributed by atoms with E-state index in [4.69, 9.17) is 14.2 Å². The van der Waals surface area contributed by atoms with Gasteiger partial charge in [-0.2, -0.15) is 0 Å². The van der Waals surface area contributed by atoms with Crippen LogP contribution in [-0.4, -0.2) is 19.9 Å². The van der Waals surface area contributed by atoms with Crippen molar-refractivity contribution in [1.29, 1.82) is 0 Å². The minimum Gasteiger partial charge on any atom is -0.493 e. The Morgan fingerprint density at radius 1 is 1.24 bits per heavy atom. The van der Waals surface area contributed by atoms with E-state index >= 15 is 0 Å². The van der Waals surface area contributed by atoms with Gasteiger partial charge in [0.1, 0.15) is 5.75 Å². The molecule has 1 heterocycles. The van der Waals surface area contributed by atoms with Gasteiger partial charge in [-0.25, -0.2) is 0 Å². The zero-order valence-corrected chi connectivity index (χ0v) is 13.4. The highest BCUT2D eigenvalue weighted by Gasteiger charge is 2.17. The molecular weight excluding hydrogens is 266 g/mol. The molecule has 2 rings (SSSR count). The van der Waals surface area contributed by atoms with Crippen molar-refractivity contribution in [3.8, 4) is 17.2 Å². The van der Waals surface area contributed by atoms with Gasteiger partial charge in [-0.15, -0.1) is 0 Å². The first-order chi connectivity index (χ1) is 10.2. The Morgan fingerprint density at radius 2 is 2.00 bits per heavy atom. The second-order valence-electron chi connectivity index (χ2n) is 5.87. The molecule has 0 atom stereocenters. The van der Waals surface area contributed by atoms with Crippen LogP contribution in [0.3, 0.4) is 0 Å². The molecule has 1 aliphatic rings. The van der Waals surface area contributed by atoms with Crippen LogP contribution in [-0.2, 0) is 6.54 Å². The molecule has 4 heteroatoms. The van der Waals surface area contributed by atoms with Crippen LogP contribution in [0.15, 0.2) is 12.1 Å². The van der Waals surface area contributed by atoms with Gasteiger partial charge in [0.15, 0.2) is 11.5 Å². The van der Waals surface area contributed by atoms with Gasteiger partial charge in [0.2, 0.25) is 6.79 Å². The molecule has 0 spiro atoms. The smallest absolute Gasteiger partial charge is 0.231 e. The molecule has 0 unspecified atom stereocenters. The van der Waals surface area contributed by atoms with E-state index in [0.29, 0.717) is 6.79 Å². The highest BCUT2D eigenvalue weighted by molar-refractivity contribution is 5.51. The highest BCUT2D eigenvalue weighted by Crippen LogP contribution is 2.38. The third-order valence-electron chi connectivity index (χ3n) is 3.48. The van der Waals surface area contributed by atoms with Crippen molar-refractivity contribution < 1.29 is 14.2 Å². The van der Waals surface area contributed by atoms with E-state index in [-0.39, 0.29) is 0 Å². The monoisotopic (exact) mass is 293 g/mol. The van der Waals surface area contributed by atoms with Crippen LogP contribution in [0, 0.1) is 5.92 Å². The fourth-order valence-electron chi connectivity index (χ4n) is 2.31. The standard InChI is InChI=1S/C17H27NO3/c1-4-7-18-11-14-9-16-17(21-12-20-16)10-15(14)19-8-5-6-13(2)3/h9-10,13,18H,4-8,11-12H2,1-3H3. The van der Waals surface area contributed by atoms with Crippen molar-refractivity contribution in [1.82, 2.24) is 5.32 Å². The summed E-state index contributed by atoms with van der Waals surface area (Å²) < 4.78 is 16.9. The Labute approximate surface area is 127 Å². The number of fused-ring (bicyclic) bond motifs is 1. The molecule has 0 bridgehead atoms. The molecule has 118 valence electrons. The van der Waals surface area contributed by atoms with Gasteiger partial charge in [-0.1, -0.05) is 20.8 Å². The van der Waals surface area contributed by atoms with Crippen LogP contribution in [0.1, 0.15) is 45.6 Å². The molecule has 0 aromatic heterocycles. The lowest BCUT2D eigenvalue weighted by Crippen LogP contribution is -2.15. The first-order valence-electron chi connectivity index (χ1n) is 7.96. The largest absolute Gasteiger partial charge is 0.493 e. The summed E-state index contributed by atoms with van der Waals surface area (Å²) in [7, 11) is 0. The quantitative estimate of drug-likeness (QED) is 0.704. The topological polar surface area (TPSA) is 39.7 Å². The third kappa shape index (κ3) is 4.81. The van der Waals surface area contributed by atoms with Crippen LogP contribution >= 0.6 is 0 Å². The Balaban J connectivity index is 1.98. The zero-order chi connectivity index (χ0) is 15.1. The summed E-state index contributed by atoms with van der Waals surface area (Å²) in [5, 5.41) is 3.42. The number of nitrogens with one attached hydrogen (secondary N) is 1. The average molecular weight is 293 g/mol. The fourth-order valence-corrected chi connectivity index (χ4v) is 2.31. The number of hydrogen-bond donors (Lipinski definition) is 1. The van der Waals surface area contributed by atoms with E-state index in [0.717, 1.165) is 61.3 Å². The fraction of sp³-hybridized carbons (Fsp3) is 0.647. The van der Waals surface area contributed by atoms with Gasteiger partial charge in [-0.3, -0.25) is 0 Å². The number of rotatable bonds is 9. The second kappa shape index (κ2) is 8.13. The molecule has 21 heavy (non-hydrogen) atoms. The Hall–Kier alpha value is -1.42. The van der Waals surface area contributed by atoms with Crippen LogP contribution < -0.4 is 19.5 Å². The lowest BCUT2D eigenvalue weighted by atomic mass is 10.1. The molecule has 0 saturated heterocycles. The van der Waals surface area contributed by atoms with E-state index in [2.05, 4.69) is 26.1 Å². The van der Waals surface area contributed by atoms with Gasteiger partial charge < -0.3 is 19.5 Å². The van der Waals surface area contributed by atoms with Crippen molar-refractivity contribution in [3.05, 3.63) is 17.7 Å². The van der Waals surface area contributed by atoms with Gasteiger partial charge in [-0.05, 0) is 37.8 Å². The first-order valence-corrected chi connectivity index (χ1v) is 7.96. The predicted octanol–water partition coefficient (Wildman–Crippen LogP) is 3.73. The van der Waals surface area contributed by atoms with Crippen molar-refractivity contribution >= 4 is 0 Å². The minimum absolute atomic E-state index is 0.300. The number of hydrogen-bond acceptors (Lipinski definition) is 4. The maximum absolute atomic E-state index is 5.97. The van der Waals surface area contributed by atoms with Crippen molar-refractivity contribution in [3.63, 3.8) is 0 Å². The summed E-state index contributed by atoms with van der Waals surface area (Å²) in [5.41, 5.74) is 1.14. The molecule has 0 radical (unpaired) electrons. The maximum atomic E-state index is 5.97. The van der Waals surface area contributed by atoms with Crippen molar-refractivity contribution in [2.75, 3.05) is 19.9 Å². The Morgan fingerprint density at radius 3 is 2.71 bits per heavy atom. The normalized spacial score (nSPS) is 13.0. The second-order valence-corrected chi connectivity index (χ2v) is 5.87. The lowest BCUT2D eigenvalue weighted by Gasteiger charge is -2.14. The van der Waals surface area contributed by atoms with Crippen molar-refractivity contribution in [2.45, 2.75) is 46.6 Å². The van der Waals surface area contributed by atoms with E-state index in [1.807, 2.05) is 12.1 Å². The number of ether oxygens (including phenoxy) is 3. The zero-order valence-electron chi connectivity index (χ0n) is 13.4. The van der Waals surface area contributed by atoms with Crippen molar-refractivity contribution in [2.24, 2.45) is 5.92 Å². The number of benzene rings is 1. The molecule has 0 amide bonds. The molecule has 1 N–H and O–H groups in total. The van der Waals surface area contributed by atoms with Crippen LogP contribution in [0.25, 0.3) is 0 Å². The van der Waals surface area contributed by atoms with Crippen LogP contribution in [0.4, 0.5) is 0 Å². The van der Waals surface area contributed by atoms with Gasteiger partial charge in [0, 0.05) is 18.2 Å². The van der Waals surface area contributed by atoms with Gasteiger partial charge >= 0.3 is 0 Å². The van der Waals surface area contributed by atoms with E-state index < -0.39 is 0 Å². The molecule has 0 aliphatic carbocycles. The maximum Gasteiger partial charge on any atom is 0.231 e. The molecule has 1 aromatic carbocycles. The van der Waals surface area contributed by atoms with E-state index in [1.54, 1.807) is 0 Å². The first kappa shape index (κ1) is 16.0. The Bertz CT molecular complexity index is 446. The summed E-state index contributed by atoms with van der Waals surface area (Å²) in [5.74, 6) is 3.23. The summed E-state index contributed by atoms with van der Waals surface area (Å²) in [6.45, 7) is 9.48. The molecule has 0 fully saturated rings. The van der Waals surface area contributed by atoms with Gasteiger partial charge in [0.05, 0.1) is 6.61 Å². The predicted molar refractivity (Wildman–Crippen MR) is 84.1 cm³/mol. The summed E-state index contributed by atoms with van der Waals surface area (Å²) in [4.78, 5) is 0. The summed E-state index contributed by atoms with van der Waals surface area (Å²) in [6.07, 6.45) is 3.39. The van der Waals surface area contributed by atoms with E-state index in [9.17, 15) is 0 Å². The Kier molecular flexibility index (Phi) is 6.18. The highest BCUT2D eigenvalue weighted by atomic mass is 16.7. The van der Waals surface area contributed by atoms with E-state index in [1.165, 1.54) is 6.42 Å². The minimum atomic E-state index is 0.300. The molecule has 1 aromatic rings. The molecule has 0 saturated carbocycles. The lowest BCUT2D eigenvalue weighted by molar-refractivity contribution is 0.173. The average Bonchev–Trinajstić information content (AvgIpc) is 2.90. The molecule has 1 aliphatic heterocycles. The summed E-state index contributed by atoms with van der Waals surface area (Å²) in [6, 6.07) is 3.99. The van der Waals surface area contributed by atoms with Crippen LogP contribution in [0.2, 0.25) is 0 Å². The third-order valence-corrected chi connectivity index (χ3v) is 3.48.